The molecule has 1 aromatic heterocycles. The molecule has 3 heteroatoms. The van der Waals surface area contributed by atoms with E-state index in [1.807, 2.05) is 12.1 Å². The van der Waals surface area contributed by atoms with E-state index in [4.69, 9.17) is 5.11 Å². The zero-order chi connectivity index (χ0) is 6.69. The number of rotatable bonds is 1. The number of hydrogen-bond donors (Lipinski definition) is 1. The predicted octanol–water partition coefficient (Wildman–Crippen LogP) is 1.18. The minimum atomic E-state index is 0.0247. The molecule has 0 unspecified atom stereocenters. The highest BCUT2D eigenvalue weighted by Crippen LogP contribution is 2.02. The Morgan fingerprint density at radius 1 is 1.56 bits per heavy atom. The quantitative estimate of drug-likeness (QED) is 0.741. The summed E-state index contributed by atoms with van der Waals surface area (Å²) >= 11 is 2.17. The first-order valence-corrected chi connectivity index (χ1v) is 3.62. The lowest BCUT2D eigenvalue weighted by molar-refractivity contribution is 0.277. The maximum absolute atomic E-state index is 8.56. The minimum absolute atomic E-state index is 0.0247. The van der Waals surface area contributed by atoms with E-state index in [1.165, 1.54) is 0 Å². The first-order valence-electron chi connectivity index (χ1n) is 2.54. The number of aliphatic hydroxyl groups excluding tert-OH is 1. The van der Waals surface area contributed by atoms with Crippen LogP contribution >= 0.6 is 22.6 Å². The molecule has 0 amide bonds. The van der Waals surface area contributed by atoms with Crippen LogP contribution in [0.15, 0.2) is 18.3 Å². The van der Waals surface area contributed by atoms with Gasteiger partial charge >= 0.3 is 0 Å². The summed E-state index contributed by atoms with van der Waals surface area (Å²) in [4.78, 5) is 3.94. The molecule has 0 spiro atoms. The van der Waals surface area contributed by atoms with E-state index in [2.05, 4.69) is 27.6 Å². The predicted molar refractivity (Wildman–Crippen MR) is 42.9 cm³/mol. The summed E-state index contributed by atoms with van der Waals surface area (Å²) in [6.07, 6.45) is 1.73. The summed E-state index contributed by atoms with van der Waals surface area (Å²) < 4.78 is 1.09. The Kier molecular flexibility index (Phi) is 2.41. The minimum Gasteiger partial charge on any atom is -0.390 e. The number of pyridine rings is 1. The van der Waals surface area contributed by atoms with Gasteiger partial charge in [-0.2, -0.15) is 0 Å². The lowest BCUT2D eigenvalue weighted by atomic mass is 10.4. The maximum atomic E-state index is 8.56. The molecule has 0 aromatic carbocycles. The normalized spacial score (nSPS) is 9.56. The van der Waals surface area contributed by atoms with Gasteiger partial charge in [-0.25, -0.2) is 0 Å². The van der Waals surface area contributed by atoms with Gasteiger partial charge in [-0.05, 0) is 34.7 Å². The van der Waals surface area contributed by atoms with E-state index < -0.39 is 0 Å². The Hall–Kier alpha value is -0.160. The fourth-order valence-electron chi connectivity index (χ4n) is 0.500. The second-order valence-electron chi connectivity index (χ2n) is 1.63. The molecule has 0 radical (unpaired) electrons. The van der Waals surface area contributed by atoms with E-state index in [-0.39, 0.29) is 6.61 Å². The molecule has 0 saturated heterocycles. The Morgan fingerprint density at radius 3 is 2.78 bits per heavy atom. The summed E-state index contributed by atoms with van der Waals surface area (Å²) in [5, 5.41) is 8.56. The molecule has 1 rings (SSSR count). The third-order valence-electron chi connectivity index (χ3n) is 0.951. The second kappa shape index (κ2) is 3.12. The number of hydrogen-bond acceptors (Lipinski definition) is 2. The van der Waals surface area contributed by atoms with Crippen LogP contribution in [-0.4, -0.2) is 10.1 Å². The highest BCUT2D eigenvalue weighted by molar-refractivity contribution is 14.1. The molecular weight excluding hydrogens is 229 g/mol. The number of aliphatic hydroxyl groups is 1. The fraction of sp³-hybridized carbons (Fsp3) is 0.167. The Bertz CT molecular complexity index is 185. The molecule has 2 nitrogen and oxygen atoms in total. The van der Waals surface area contributed by atoms with Gasteiger partial charge in [0.2, 0.25) is 0 Å². The molecular formula is C6H6INO. The molecule has 1 N–H and O–H groups in total. The van der Waals surface area contributed by atoms with Gasteiger partial charge in [0.1, 0.15) is 0 Å². The van der Waals surface area contributed by atoms with Crippen molar-refractivity contribution in [3.63, 3.8) is 0 Å². The Labute approximate surface area is 67.1 Å². The van der Waals surface area contributed by atoms with E-state index >= 15 is 0 Å². The van der Waals surface area contributed by atoms with Crippen molar-refractivity contribution < 1.29 is 5.11 Å². The van der Waals surface area contributed by atoms with Crippen molar-refractivity contribution >= 4 is 22.6 Å². The lowest BCUT2D eigenvalue weighted by Gasteiger charge is -1.92. The van der Waals surface area contributed by atoms with Gasteiger partial charge in [0.25, 0.3) is 0 Å². The van der Waals surface area contributed by atoms with Crippen LogP contribution in [0, 0.1) is 3.57 Å². The average molecular weight is 235 g/mol. The van der Waals surface area contributed by atoms with Crippen molar-refractivity contribution in [3.8, 4) is 0 Å². The summed E-state index contributed by atoms with van der Waals surface area (Å²) in [7, 11) is 0. The summed E-state index contributed by atoms with van der Waals surface area (Å²) in [5.41, 5.74) is 0.718. The van der Waals surface area contributed by atoms with Gasteiger partial charge in [0, 0.05) is 9.77 Å². The van der Waals surface area contributed by atoms with E-state index in [0.717, 1.165) is 9.26 Å². The van der Waals surface area contributed by atoms with Crippen LogP contribution in [0.3, 0.4) is 0 Å². The van der Waals surface area contributed by atoms with Crippen LogP contribution in [-0.2, 0) is 6.61 Å². The molecule has 0 atom stereocenters. The zero-order valence-electron chi connectivity index (χ0n) is 4.71. The summed E-state index contributed by atoms with van der Waals surface area (Å²) in [5.74, 6) is 0. The van der Waals surface area contributed by atoms with Gasteiger partial charge in [-0.15, -0.1) is 0 Å². The number of nitrogens with zero attached hydrogens (tertiary/aromatic N) is 1. The van der Waals surface area contributed by atoms with Crippen molar-refractivity contribution in [3.05, 3.63) is 27.6 Å². The first-order chi connectivity index (χ1) is 4.33. The lowest BCUT2D eigenvalue weighted by Crippen LogP contribution is -1.86. The van der Waals surface area contributed by atoms with Gasteiger partial charge in [0.15, 0.2) is 0 Å². The molecule has 1 heterocycles. The van der Waals surface area contributed by atoms with E-state index in [1.54, 1.807) is 6.20 Å². The van der Waals surface area contributed by atoms with Crippen LogP contribution in [0.25, 0.3) is 0 Å². The molecule has 0 saturated carbocycles. The number of aromatic nitrogens is 1. The molecule has 0 aliphatic rings. The standard InChI is InChI=1S/C6H6INO/c7-5-1-2-6(4-9)8-3-5/h1-3,9H,4H2. The smallest absolute Gasteiger partial charge is 0.0852 e. The highest BCUT2D eigenvalue weighted by atomic mass is 127. The third-order valence-corrected chi connectivity index (χ3v) is 1.59. The first kappa shape index (κ1) is 6.95. The van der Waals surface area contributed by atoms with Crippen LogP contribution < -0.4 is 0 Å². The van der Waals surface area contributed by atoms with Gasteiger partial charge in [-0.3, -0.25) is 4.98 Å². The summed E-state index contributed by atoms with van der Waals surface area (Å²) in [6, 6.07) is 3.72. The zero-order valence-corrected chi connectivity index (χ0v) is 6.87. The number of halogens is 1. The SMILES string of the molecule is OCc1ccc(I)cn1. The maximum Gasteiger partial charge on any atom is 0.0852 e. The van der Waals surface area contributed by atoms with Crippen molar-refractivity contribution in [1.82, 2.24) is 4.98 Å². The van der Waals surface area contributed by atoms with Crippen LogP contribution in [0.2, 0.25) is 0 Å². The van der Waals surface area contributed by atoms with Crippen molar-refractivity contribution in [1.29, 1.82) is 0 Å². The van der Waals surface area contributed by atoms with Crippen LogP contribution in [0.5, 0.6) is 0 Å². The fourth-order valence-corrected chi connectivity index (χ4v) is 0.819. The summed E-state index contributed by atoms with van der Waals surface area (Å²) in [6.45, 7) is 0.0247. The second-order valence-corrected chi connectivity index (χ2v) is 2.87. The van der Waals surface area contributed by atoms with Crippen molar-refractivity contribution in [2.75, 3.05) is 0 Å². The average Bonchev–Trinajstić information content (AvgIpc) is 1.90. The van der Waals surface area contributed by atoms with Crippen molar-refractivity contribution in [2.24, 2.45) is 0 Å². The molecule has 1 aromatic rings. The highest BCUT2D eigenvalue weighted by Gasteiger charge is 1.88. The topological polar surface area (TPSA) is 33.1 Å². The Balaban J connectivity index is 2.88. The van der Waals surface area contributed by atoms with Gasteiger partial charge in [-0.1, -0.05) is 0 Å². The van der Waals surface area contributed by atoms with Gasteiger partial charge < -0.3 is 5.11 Å². The van der Waals surface area contributed by atoms with Crippen molar-refractivity contribution in [2.45, 2.75) is 6.61 Å². The van der Waals surface area contributed by atoms with E-state index in [9.17, 15) is 0 Å². The molecule has 0 aliphatic heterocycles. The van der Waals surface area contributed by atoms with E-state index in [0.29, 0.717) is 0 Å². The van der Waals surface area contributed by atoms with Gasteiger partial charge in [0.05, 0.1) is 12.3 Å². The van der Waals surface area contributed by atoms with Crippen LogP contribution in [0.1, 0.15) is 5.69 Å². The molecule has 9 heavy (non-hydrogen) atoms. The molecule has 0 aliphatic carbocycles. The third kappa shape index (κ3) is 1.91. The molecule has 0 fully saturated rings. The molecule has 0 bridgehead atoms. The monoisotopic (exact) mass is 235 g/mol. The largest absolute Gasteiger partial charge is 0.390 e. The van der Waals surface area contributed by atoms with Crippen LogP contribution in [0.4, 0.5) is 0 Å². The molecule has 48 valence electrons. The Morgan fingerprint density at radius 2 is 2.33 bits per heavy atom.